The van der Waals surface area contributed by atoms with Crippen molar-refractivity contribution in [1.29, 1.82) is 0 Å². The molecule has 2 rings (SSSR count). The Morgan fingerprint density at radius 1 is 1.10 bits per heavy atom. The molecule has 1 aromatic carbocycles. The summed E-state index contributed by atoms with van der Waals surface area (Å²) in [6, 6.07) is 9.05. The van der Waals surface area contributed by atoms with Gasteiger partial charge in [-0.15, -0.1) is 0 Å². The van der Waals surface area contributed by atoms with E-state index in [9.17, 15) is 0 Å². The summed E-state index contributed by atoms with van der Waals surface area (Å²) in [6.07, 6.45) is 5.18. The first-order valence-corrected chi connectivity index (χ1v) is 8.32. The van der Waals surface area contributed by atoms with E-state index < -0.39 is 0 Å². The Hall–Kier alpha value is -0.530. The predicted octanol–water partition coefficient (Wildman–Crippen LogP) is 5.18. The van der Waals surface area contributed by atoms with Crippen molar-refractivity contribution in [2.75, 3.05) is 6.54 Å². The fourth-order valence-corrected chi connectivity index (χ4v) is 3.89. The number of nitrogens with one attached hydrogen (secondary N) is 1. The fraction of sp³-hybridized carbons (Fsp3) is 0.667. The number of benzene rings is 1. The molecule has 1 nitrogen and oxygen atoms in total. The SMILES string of the molecule is CCC1(CC)CC(CNC(C)C)(c2ccc(Cl)cc2)C1. The molecule has 0 aromatic heterocycles. The van der Waals surface area contributed by atoms with Crippen LogP contribution in [0.25, 0.3) is 0 Å². The largest absolute Gasteiger partial charge is 0.314 e. The maximum absolute atomic E-state index is 6.05. The van der Waals surface area contributed by atoms with Gasteiger partial charge in [0.05, 0.1) is 0 Å². The second-order valence-electron chi connectivity index (χ2n) is 6.88. The van der Waals surface area contributed by atoms with E-state index in [0.717, 1.165) is 11.6 Å². The normalized spacial score (nSPS) is 19.9. The predicted molar refractivity (Wildman–Crippen MR) is 88.5 cm³/mol. The minimum Gasteiger partial charge on any atom is -0.314 e. The molecule has 0 heterocycles. The summed E-state index contributed by atoms with van der Waals surface area (Å²) in [4.78, 5) is 0. The molecule has 0 saturated heterocycles. The van der Waals surface area contributed by atoms with Crippen molar-refractivity contribution in [2.24, 2.45) is 5.41 Å². The molecule has 1 fully saturated rings. The topological polar surface area (TPSA) is 12.0 Å². The molecule has 1 aromatic rings. The van der Waals surface area contributed by atoms with Crippen molar-refractivity contribution in [3.05, 3.63) is 34.9 Å². The molecular weight excluding hydrogens is 266 g/mol. The lowest BCUT2D eigenvalue weighted by molar-refractivity contribution is 0.0118. The summed E-state index contributed by atoms with van der Waals surface area (Å²) in [7, 11) is 0. The fourth-order valence-electron chi connectivity index (χ4n) is 3.77. The summed E-state index contributed by atoms with van der Waals surface area (Å²) in [5.41, 5.74) is 2.31. The molecule has 1 aliphatic carbocycles. The van der Waals surface area contributed by atoms with Gasteiger partial charge in [-0.1, -0.05) is 64.3 Å². The number of hydrogen-bond donors (Lipinski definition) is 1. The highest BCUT2D eigenvalue weighted by molar-refractivity contribution is 6.30. The maximum Gasteiger partial charge on any atom is 0.0406 e. The third-order valence-electron chi connectivity index (χ3n) is 5.23. The summed E-state index contributed by atoms with van der Waals surface area (Å²) in [5.74, 6) is 0. The Labute approximate surface area is 129 Å². The van der Waals surface area contributed by atoms with Gasteiger partial charge in [-0.25, -0.2) is 0 Å². The van der Waals surface area contributed by atoms with Crippen LogP contribution in [0, 0.1) is 5.41 Å². The number of rotatable bonds is 6. The van der Waals surface area contributed by atoms with Crippen LogP contribution in [0.5, 0.6) is 0 Å². The van der Waals surface area contributed by atoms with Gasteiger partial charge in [0.2, 0.25) is 0 Å². The lowest BCUT2D eigenvalue weighted by Crippen LogP contribution is -2.55. The molecule has 0 amide bonds. The van der Waals surface area contributed by atoms with Crippen molar-refractivity contribution in [1.82, 2.24) is 5.32 Å². The Morgan fingerprint density at radius 2 is 1.65 bits per heavy atom. The van der Waals surface area contributed by atoms with Crippen molar-refractivity contribution in [2.45, 2.75) is 64.8 Å². The van der Waals surface area contributed by atoms with Gasteiger partial charge in [-0.3, -0.25) is 0 Å². The number of hydrogen-bond acceptors (Lipinski definition) is 1. The second-order valence-corrected chi connectivity index (χ2v) is 7.32. The first-order valence-electron chi connectivity index (χ1n) is 7.95. The molecule has 2 heteroatoms. The molecule has 112 valence electrons. The van der Waals surface area contributed by atoms with E-state index in [2.05, 4.69) is 45.1 Å². The van der Waals surface area contributed by atoms with Crippen LogP contribution in [0.3, 0.4) is 0 Å². The summed E-state index contributed by atoms with van der Waals surface area (Å²) >= 11 is 6.05. The molecule has 0 atom stereocenters. The van der Waals surface area contributed by atoms with Gasteiger partial charge in [-0.2, -0.15) is 0 Å². The second kappa shape index (κ2) is 6.07. The van der Waals surface area contributed by atoms with Gasteiger partial charge in [0.1, 0.15) is 0 Å². The van der Waals surface area contributed by atoms with Crippen LogP contribution in [-0.2, 0) is 5.41 Å². The Balaban J connectivity index is 2.21. The standard InChI is InChI=1S/C18H28ClN/c1-5-17(6-2)11-18(12-17,13-20-14(3)4)15-7-9-16(19)10-8-15/h7-10,14,20H,5-6,11-13H2,1-4H3. The highest BCUT2D eigenvalue weighted by Crippen LogP contribution is 2.59. The third kappa shape index (κ3) is 3.04. The first kappa shape index (κ1) is 15.9. The zero-order valence-corrected chi connectivity index (χ0v) is 14.1. The van der Waals surface area contributed by atoms with Crippen molar-refractivity contribution in [3.63, 3.8) is 0 Å². The molecule has 0 spiro atoms. The monoisotopic (exact) mass is 293 g/mol. The maximum atomic E-state index is 6.05. The van der Waals surface area contributed by atoms with E-state index in [0.29, 0.717) is 16.9 Å². The summed E-state index contributed by atoms with van der Waals surface area (Å²) in [5, 5.41) is 4.49. The zero-order chi connectivity index (χ0) is 14.8. The molecule has 0 aliphatic heterocycles. The van der Waals surface area contributed by atoms with E-state index in [-0.39, 0.29) is 0 Å². The van der Waals surface area contributed by atoms with Crippen LogP contribution in [0.4, 0.5) is 0 Å². The molecule has 0 radical (unpaired) electrons. The van der Waals surface area contributed by atoms with Gasteiger partial charge >= 0.3 is 0 Å². The van der Waals surface area contributed by atoms with Crippen LogP contribution in [-0.4, -0.2) is 12.6 Å². The molecule has 20 heavy (non-hydrogen) atoms. The van der Waals surface area contributed by atoms with Gasteiger partial charge in [-0.05, 0) is 36.0 Å². The van der Waals surface area contributed by atoms with Crippen LogP contribution < -0.4 is 5.32 Å². The summed E-state index contributed by atoms with van der Waals surface area (Å²) < 4.78 is 0. The molecule has 1 aliphatic rings. The van der Waals surface area contributed by atoms with Crippen molar-refractivity contribution in [3.8, 4) is 0 Å². The zero-order valence-electron chi connectivity index (χ0n) is 13.3. The highest BCUT2D eigenvalue weighted by Gasteiger charge is 2.52. The highest BCUT2D eigenvalue weighted by atomic mass is 35.5. The third-order valence-corrected chi connectivity index (χ3v) is 5.48. The van der Waals surface area contributed by atoms with Crippen molar-refractivity contribution >= 4 is 11.6 Å². The molecule has 0 bridgehead atoms. The van der Waals surface area contributed by atoms with Gasteiger partial charge in [0, 0.05) is 23.0 Å². The van der Waals surface area contributed by atoms with E-state index >= 15 is 0 Å². The van der Waals surface area contributed by atoms with Crippen molar-refractivity contribution < 1.29 is 0 Å². The number of halogens is 1. The Bertz CT molecular complexity index is 423. The minimum atomic E-state index is 0.306. The quantitative estimate of drug-likeness (QED) is 0.762. The van der Waals surface area contributed by atoms with Gasteiger partial charge in [0.25, 0.3) is 0 Å². The van der Waals surface area contributed by atoms with Crippen LogP contribution in [0.1, 0.15) is 58.9 Å². The molecule has 0 unspecified atom stereocenters. The molecule has 1 saturated carbocycles. The lowest BCUT2D eigenvalue weighted by Gasteiger charge is -2.57. The molecule has 1 N–H and O–H groups in total. The Kier molecular flexibility index (Phi) is 4.81. The average Bonchev–Trinajstić information content (AvgIpc) is 2.40. The minimum absolute atomic E-state index is 0.306. The van der Waals surface area contributed by atoms with E-state index in [1.165, 1.54) is 31.2 Å². The van der Waals surface area contributed by atoms with Gasteiger partial charge in [0.15, 0.2) is 0 Å². The van der Waals surface area contributed by atoms with E-state index in [1.54, 1.807) is 0 Å². The van der Waals surface area contributed by atoms with Crippen LogP contribution in [0.15, 0.2) is 24.3 Å². The van der Waals surface area contributed by atoms with Crippen LogP contribution >= 0.6 is 11.6 Å². The summed E-state index contributed by atoms with van der Waals surface area (Å²) in [6.45, 7) is 10.2. The lowest BCUT2D eigenvalue weighted by atomic mass is 9.48. The Morgan fingerprint density at radius 3 is 2.10 bits per heavy atom. The average molecular weight is 294 g/mol. The van der Waals surface area contributed by atoms with E-state index in [4.69, 9.17) is 11.6 Å². The smallest absolute Gasteiger partial charge is 0.0406 e. The van der Waals surface area contributed by atoms with Gasteiger partial charge < -0.3 is 5.32 Å². The van der Waals surface area contributed by atoms with Crippen LogP contribution in [0.2, 0.25) is 5.02 Å². The molecular formula is C18H28ClN. The first-order chi connectivity index (χ1) is 9.45. The van der Waals surface area contributed by atoms with E-state index in [1.807, 2.05) is 12.1 Å².